The van der Waals surface area contributed by atoms with Crippen molar-refractivity contribution in [3.05, 3.63) is 45.6 Å². The lowest BCUT2D eigenvalue weighted by molar-refractivity contribution is 0.249. The molecule has 4 nitrogen and oxygen atoms in total. The number of nitrogens with zero attached hydrogens (tertiary/aromatic N) is 1. The number of nitrogens with one attached hydrogen (secondary N) is 1. The molecule has 21 heavy (non-hydrogen) atoms. The van der Waals surface area contributed by atoms with Gasteiger partial charge in [0.15, 0.2) is 0 Å². The molecule has 0 saturated carbocycles. The van der Waals surface area contributed by atoms with Gasteiger partial charge in [-0.15, -0.1) is 0 Å². The highest BCUT2D eigenvalue weighted by molar-refractivity contribution is 6.35. The number of oxazole rings is 1. The van der Waals surface area contributed by atoms with Crippen LogP contribution in [-0.4, -0.2) is 11.6 Å². The van der Waals surface area contributed by atoms with Crippen molar-refractivity contribution >= 4 is 23.2 Å². The first kappa shape index (κ1) is 14.7. The number of aryl methyl sites for hydroxylation is 1. The maximum atomic E-state index is 6.18. The Hall–Kier alpha value is -1.23. The highest BCUT2D eigenvalue weighted by Crippen LogP contribution is 2.39. The molecule has 1 aromatic carbocycles. The molecule has 1 N–H and O–H groups in total. The molecule has 2 heterocycles. The number of hydrogen-bond donors (Lipinski definition) is 1. The molecule has 0 radical (unpaired) electrons. The van der Waals surface area contributed by atoms with Crippen molar-refractivity contribution < 1.29 is 9.15 Å². The molecule has 6 heteroatoms. The van der Waals surface area contributed by atoms with Crippen molar-refractivity contribution in [1.82, 2.24) is 10.3 Å². The molecule has 1 aromatic heterocycles. The molecule has 0 bridgehead atoms. The molecular weight excluding hydrogens is 311 g/mol. The van der Waals surface area contributed by atoms with Crippen LogP contribution in [0, 0.1) is 0 Å². The van der Waals surface area contributed by atoms with Crippen molar-refractivity contribution in [1.29, 1.82) is 0 Å². The quantitative estimate of drug-likeness (QED) is 0.916. The lowest BCUT2D eigenvalue weighted by atomic mass is 10.0. The third kappa shape index (κ3) is 3.18. The molecule has 0 amide bonds. The normalized spacial score (nSPS) is 17.4. The predicted molar refractivity (Wildman–Crippen MR) is 82.0 cm³/mol. The topological polar surface area (TPSA) is 47.3 Å². The molecule has 0 spiro atoms. The summed E-state index contributed by atoms with van der Waals surface area (Å²) in [6, 6.07) is 3.72. The fourth-order valence-electron chi connectivity index (χ4n) is 2.44. The third-order valence-corrected chi connectivity index (χ3v) is 4.01. The van der Waals surface area contributed by atoms with Gasteiger partial charge in [0.1, 0.15) is 11.5 Å². The fraction of sp³-hybridized carbons (Fsp3) is 0.400. The maximum absolute atomic E-state index is 6.18. The maximum Gasteiger partial charge on any atom is 0.208 e. The second kappa shape index (κ2) is 6.26. The van der Waals surface area contributed by atoms with E-state index >= 15 is 0 Å². The van der Waals surface area contributed by atoms with E-state index in [1.54, 1.807) is 12.3 Å². The molecule has 1 aliphatic heterocycles. The van der Waals surface area contributed by atoms with Gasteiger partial charge < -0.3 is 14.5 Å². The standard InChI is InChI=1S/C15H16Cl2N2O2/c1-2-10-7-19-14(21-10)8-18-13-3-4-20-15-11(13)5-9(16)6-12(15)17/h5-7,13,18H,2-4,8H2,1H3. The summed E-state index contributed by atoms with van der Waals surface area (Å²) in [7, 11) is 0. The Morgan fingerprint density at radius 1 is 1.38 bits per heavy atom. The SMILES string of the molecule is CCc1cnc(CNC2CCOc3c(Cl)cc(Cl)cc32)o1. The molecule has 2 aromatic rings. The van der Waals surface area contributed by atoms with Crippen LogP contribution in [0.3, 0.4) is 0 Å². The van der Waals surface area contributed by atoms with Crippen LogP contribution in [0.1, 0.15) is 36.6 Å². The Bertz CT molecular complexity index is 643. The largest absolute Gasteiger partial charge is 0.492 e. The van der Waals surface area contributed by atoms with Gasteiger partial charge >= 0.3 is 0 Å². The summed E-state index contributed by atoms with van der Waals surface area (Å²) in [6.07, 6.45) is 3.46. The van der Waals surface area contributed by atoms with Crippen LogP contribution in [0.25, 0.3) is 0 Å². The Morgan fingerprint density at radius 2 is 2.24 bits per heavy atom. The monoisotopic (exact) mass is 326 g/mol. The number of benzene rings is 1. The lowest BCUT2D eigenvalue weighted by Crippen LogP contribution is -2.27. The number of rotatable bonds is 4. The number of hydrogen-bond acceptors (Lipinski definition) is 4. The first-order valence-electron chi connectivity index (χ1n) is 6.96. The Kier molecular flexibility index (Phi) is 4.38. The minimum absolute atomic E-state index is 0.127. The van der Waals surface area contributed by atoms with Gasteiger partial charge in [0, 0.05) is 29.5 Å². The summed E-state index contributed by atoms with van der Waals surface area (Å²) in [5.41, 5.74) is 0.987. The van der Waals surface area contributed by atoms with Crippen molar-refractivity contribution in [3.63, 3.8) is 0 Å². The average molecular weight is 327 g/mol. The van der Waals surface area contributed by atoms with E-state index in [4.69, 9.17) is 32.4 Å². The van der Waals surface area contributed by atoms with E-state index in [1.807, 2.05) is 13.0 Å². The van der Waals surface area contributed by atoms with Gasteiger partial charge in [-0.05, 0) is 12.1 Å². The summed E-state index contributed by atoms with van der Waals surface area (Å²) < 4.78 is 11.2. The third-order valence-electron chi connectivity index (χ3n) is 3.52. The fourth-order valence-corrected chi connectivity index (χ4v) is 3.01. The smallest absolute Gasteiger partial charge is 0.208 e. The van der Waals surface area contributed by atoms with Gasteiger partial charge in [0.25, 0.3) is 0 Å². The van der Waals surface area contributed by atoms with Crippen molar-refractivity contribution in [2.24, 2.45) is 0 Å². The van der Waals surface area contributed by atoms with Gasteiger partial charge in [-0.25, -0.2) is 4.98 Å². The highest BCUT2D eigenvalue weighted by atomic mass is 35.5. The van der Waals surface area contributed by atoms with Crippen molar-refractivity contribution in [2.75, 3.05) is 6.61 Å². The molecule has 1 unspecified atom stereocenters. The molecule has 1 atom stereocenters. The summed E-state index contributed by atoms with van der Waals surface area (Å²) in [4.78, 5) is 4.25. The molecule has 3 rings (SSSR count). The van der Waals surface area contributed by atoms with Crippen LogP contribution in [-0.2, 0) is 13.0 Å². The van der Waals surface area contributed by atoms with Crippen LogP contribution in [0.2, 0.25) is 10.0 Å². The van der Waals surface area contributed by atoms with Gasteiger partial charge in [-0.1, -0.05) is 30.1 Å². The molecule has 112 valence electrons. The summed E-state index contributed by atoms with van der Waals surface area (Å²) in [6.45, 7) is 3.22. The Labute approximate surface area is 133 Å². The zero-order valence-corrected chi connectivity index (χ0v) is 13.2. The Balaban J connectivity index is 1.76. The molecule has 0 saturated heterocycles. The zero-order chi connectivity index (χ0) is 14.8. The van der Waals surface area contributed by atoms with E-state index in [-0.39, 0.29) is 6.04 Å². The number of aromatic nitrogens is 1. The predicted octanol–water partition coefficient (Wildman–Crippen LogP) is 4.16. The zero-order valence-electron chi connectivity index (χ0n) is 11.7. The molecule has 0 fully saturated rings. The lowest BCUT2D eigenvalue weighted by Gasteiger charge is -2.27. The first-order valence-corrected chi connectivity index (χ1v) is 7.71. The van der Waals surface area contributed by atoms with Crippen molar-refractivity contribution in [3.8, 4) is 5.75 Å². The van der Waals surface area contributed by atoms with Crippen LogP contribution in [0.5, 0.6) is 5.75 Å². The van der Waals surface area contributed by atoms with E-state index in [0.717, 1.165) is 24.2 Å². The van der Waals surface area contributed by atoms with Crippen LogP contribution < -0.4 is 10.1 Å². The van der Waals surface area contributed by atoms with E-state index in [1.165, 1.54) is 0 Å². The summed E-state index contributed by atoms with van der Waals surface area (Å²) >= 11 is 12.3. The van der Waals surface area contributed by atoms with E-state index in [0.29, 0.717) is 34.8 Å². The van der Waals surface area contributed by atoms with Crippen LogP contribution in [0.15, 0.2) is 22.7 Å². The first-order chi connectivity index (χ1) is 10.2. The second-order valence-electron chi connectivity index (χ2n) is 4.95. The van der Waals surface area contributed by atoms with Gasteiger partial charge in [-0.3, -0.25) is 0 Å². The molecular formula is C15H16Cl2N2O2. The van der Waals surface area contributed by atoms with E-state index in [2.05, 4.69) is 10.3 Å². The average Bonchev–Trinajstić information content (AvgIpc) is 2.93. The number of halogens is 2. The van der Waals surface area contributed by atoms with Crippen LogP contribution >= 0.6 is 23.2 Å². The van der Waals surface area contributed by atoms with Crippen LogP contribution in [0.4, 0.5) is 0 Å². The number of ether oxygens (including phenoxy) is 1. The minimum Gasteiger partial charge on any atom is -0.492 e. The second-order valence-corrected chi connectivity index (χ2v) is 5.79. The number of fused-ring (bicyclic) bond motifs is 1. The molecule has 0 aliphatic carbocycles. The minimum atomic E-state index is 0.127. The van der Waals surface area contributed by atoms with E-state index in [9.17, 15) is 0 Å². The van der Waals surface area contributed by atoms with Gasteiger partial charge in [-0.2, -0.15) is 0 Å². The van der Waals surface area contributed by atoms with Gasteiger partial charge in [0.2, 0.25) is 5.89 Å². The van der Waals surface area contributed by atoms with Crippen molar-refractivity contribution in [2.45, 2.75) is 32.4 Å². The van der Waals surface area contributed by atoms with Gasteiger partial charge in [0.05, 0.1) is 24.4 Å². The molecule has 1 aliphatic rings. The summed E-state index contributed by atoms with van der Waals surface area (Å²) in [5.74, 6) is 2.30. The Morgan fingerprint density at radius 3 is 3.00 bits per heavy atom. The summed E-state index contributed by atoms with van der Waals surface area (Å²) in [5, 5.41) is 4.59. The highest BCUT2D eigenvalue weighted by Gasteiger charge is 2.24. The van der Waals surface area contributed by atoms with E-state index < -0.39 is 0 Å².